The number of aryl methyl sites for hydroxylation is 1. The molecule has 0 radical (unpaired) electrons. The standard InChI is InChI=1S/C22H18N4/c1-14-10-12-15(13-11-14)20(21-23-16-6-2-3-7-17(16)24-21)22-25-18-8-4-5-9-19(18)26-22/h2-13,20H,1H3,(H,23,24)(H,25,26). The molecule has 0 saturated carbocycles. The maximum absolute atomic E-state index is 4.84. The fraction of sp³-hybridized carbons (Fsp3) is 0.0909. The molecule has 4 nitrogen and oxygen atoms in total. The second kappa shape index (κ2) is 5.85. The van der Waals surface area contributed by atoms with E-state index in [9.17, 15) is 0 Å². The van der Waals surface area contributed by atoms with Gasteiger partial charge in [0, 0.05) is 0 Å². The number of nitrogens with zero attached hydrogens (tertiary/aromatic N) is 2. The Kier molecular flexibility index (Phi) is 3.35. The average Bonchev–Trinajstić information content (AvgIpc) is 3.27. The van der Waals surface area contributed by atoms with Crippen LogP contribution in [0.1, 0.15) is 28.7 Å². The summed E-state index contributed by atoms with van der Waals surface area (Å²) in [5, 5.41) is 0. The number of aromatic amines is 2. The van der Waals surface area contributed by atoms with Crippen molar-refractivity contribution in [2.45, 2.75) is 12.8 Å². The van der Waals surface area contributed by atoms with Crippen LogP contribution in [0.2, 0.25) is 0 Å². The first kappa shape index (κ1) is 14.9. The van der Waals surface area contributed by atoms with Gasteiger partial charge in [0.2, 0.25) is 0 Å². The first-order valence-corrected chi connectivity index (χ1v) is 8.74. The molecule has 0 atom stereocenters. The van der Waals surface area contributed by atoms with Crippen molar-refractivity contribution in [3.05, 3.63) is 95.6 Å². The maximum atomic E-state index is 4.84. The Balaban J connectivity index is 1.72. The minimum absolute atomic E-state index is 0.0737. The largest absolute Gasteiger partial charge is 0.341 e. The molecule has 0 spiro atoms. The molecule has 26 heavy (non-hydrogen) atoms. The van der Waals surface area contributed by atoms with Crippen LogP contribution in [0.4, 0.5) is 0 Å². The molecule has 5 aromatic rings. The van der Waals surface area contributed by atoms with E-state index in [1.165, 1.54) is 5.56 Å². The van der Waals surface area contributed by atoms with Gasteiger partial charge in [-0.1, -0.05) is 54.1 Å². The van der Waals surface area contributed by atoms with E-state index in [0.717, 1.165) is 39.3 Å². The van der Waals surface area contributed by atoms with Crippen LogP contribution < -0.4 is 0 Å². The van der Waals surface area contributed by atoms with Crippen LogP contribution in [-0.2, 0) is 0 Å². The predicted octanol–water partition coefficient (Wildman–Crippen LogP) is 4.93. The number of hydrogen-bond acceptors (Lipinski definition) is 2. The van der Waals surface area contributed by atoms with Crippen molar-refractivity contribution in [2.24, 2.45) is 0 Å². The zero-order chi connectivity index (χ0) is 17.5. The molecule has 2 N–H and O–H groups in total. The van der Waals surface area contributed by atoms with Gasteiger partial charge in [0.25, 0.3) is 0 Å². The van der Waals surface area contributed by atoms with Crippen molar-refractivity contribution < 1.29 is 0 Å². The molecule has 126 valence electrons. The Bertz CT molecular complexity index is 1060. The van der Waals surface area contributed by atoms with Crippen molar-refractivity contribution >= 4 is 22.1 Å². The lowest BCUT2D eigenvalue weighted by molar-refractivity contribution is 0.830. The van der Waals surface area contributed by atoms with Crippen molar-refractivity contribution in [1.82, 2.24) is 19.9 Å². The van der Waals surface area contributed by atoms with Crippen LogP contribution in [0.5, 0.6) is 0 Å². The number of para-hydroxylation sites is 4. The van der Waals surface area contributed by atoms with E-state index >= 15 is 0 Å². The lowest BCUT2D eigenvalue weighted by Crippen LogP contribution is -2.07. The number of imidazole rings is 2. The molecular weight excluding hydrogens is 320 g/mol. The minimum atomic E-state index is -0.0737. The van der Waals surface area contributed by atoms with Crippen molar-refractivity contribution in [3.8, 4) is 0 Å². The van der Waals surface area contributed by atoms with Crippen molar-refractivity contribution in [3.63, 3.8) is 0 Å². The smallest absolute Gasteiger partial charge is 0.122 e. The molecule has 0 fully saturated rings. The van der Waals surface area contributed by atoms with E-state index < -0.39 is 0 Å². The molecule has 0 aliphatic heterocycles. The van der Waals surface area contributed by atoms with Gasteiger partial charge in [-0.05, 0) is 36.8 Å². The highest BCUT2D eigenvalue weighted by molar-refractivity contribution is 5.76. The summed E-state index contributed by atoms with van der Waals surface area (Å²) in [7, 11) is 0. The Morgan fingerprint density at radius 1 is 0.654 bits per heavy atom. The summed E-state index contributed by atoms with van der Waals surface area (Å²) in [5.41, 5.74) is 6.41. The molecule has 4 heteroatoms. The highest BCUT2D eigenvalue weighted by atomic mass is 15.0. The lowest BCUT2D eigenvalue weighted by atomic mass is 9.96. The quantitative estimate of drug-likeness (QED) is 0.490. The fourth-order valence-electron chi connectivity index (χ4n) is 3.42. The number of benzene rings is 3. The second-order valence-corrected chi connectivity index (χ2v) is 6.62. The van der Waals surface area contributed by atoms with Crippen LogP contribution in [0.3, 0.4) is 0 Å². The van der Waals surface area contributed by atoms with Gasteiger partial charge < -0.3 is 9.97 Å². The van der Waals surface area contributed by atoms with Gasteiger partial charge in [-0.2, -0.15) is 0 Å². The van der Waals surface area contributed by atoms with Gasteiger partial charge in [-0.3, -0.25) is 0 Å². The summed E-state index contributed by atoms with van der Waals surface area (Å²) < 4.78 is 0. The normalized spacial score (nSPS) is 11.6. The number of rotatable bonds is 3. The molecule has 5 rings (SSSR count). The molecular formula is C22H18N4. The first-order chi connectivity index (χ1) is 12.8. The summed E-state index contributed by atoms with van der Waals surface area (Å²) >= 11 is 0. The highest BCUT2D eigenvalue weighted by Crippen LogP contribution is 2.31. The molecule has 2 heterocycles. The van der Waals surface area contributed by atoms with Crippen molar-refractivity contribution in [2.75, 3.05) is 0 Å². The van der Waals surface area contributed by atoms with Gasteiger partial charge in [0.15, 0.2) is 0 Å². The predicted molar refractivity (Wildman–Crippen MR) is 104 cm³/mol. The van der Waals surface area contributed by atoms with E-state index in [0.29, 0.717) is 0 Å². The van der Waals surface area contributed by atoms with E-state index in [1.807, 2.05) is 36.4 Å². The molecule has 0 aliphatic rings. The third-order valence-electron chi connectivity index (χ3n) is 4.77. The average molecular weight is 338 g/mol. The summed E-state index contributed by atoms with van der Waals surface area (Å²) in [4.78, 5) is 16.6. The van der Waals surface area contributed by atoms with Crippen LogP contribution in [-0.4, -0.2) is 19.9 Å². The molecule has 2 aromatic heterocycles. The number of aromatic nitrogens is 4. The number of H-pyrrole nitrogens is 2. The Hall–Kier alpha value is -3.40. The van der Waals surface area contributed by atoms with E-state index in [4.69, 9.17) is 9.97 Å². The molecule has 3 aromatic carbocycles. The van der Waals surface area contributed by atoms with Gasteiger partial charge >= 0.3 is 0 Å². The topological polar surface area (TPSA) is 57.4 Å². The van der Waals surface area contributed by atoms with Gasteiger partial charge in [0.1, 0.15) is 17.6 Å². The number of fused-ring (bicyclic) bond motifs is 2. The van der Waals surface area contributed by atoms with Gasteiger partial charge in [-0.25, -0.2) is 9.97 Å². The Morgan fingerprint density at radius 2 is 1.15 bits per heavy atom. The Morgan fingerprint density at radius 3 is 1.65 bits per heavy atom. The third kappa shape index (κ3) is 2.47. The third-order valence-corrected chi connectivity index (χ3v) is 4.77. The molecule has 0 saturated heterocycles. The molecule has 0 aliphatic carbocycles. The second-order valence-electron chi connectivity index (χ2n) is 6.62. The number of hydrogen-bond donors (Lipinski definition) is 2. The lowest BCUT2D eigenvalue weighted by Gasteiger charge is -2.13. The van der Waals surface area contributed by atoms with E-state index in [1.54, 1.807) is 0 Å². The molecule has 0 bridgehead atoms. The molecule has 0 amide bonds. The highest BCUT2D eigenvalue weighted by Gasteiger charge is 2.23. The maximum Gasteiger partial charge on any atom is 0.122 e. The van der Waals surface area contributed by atoms with E-state index in [-0.39, 0.29) is 5.92 Å². The first-order valence-electron chi connectivity index (χ1n) is 8.74. The summed E-state index contributed by atoms with van der Waals surface area (Å²) in [6, 6.07) is 24.8. The molecule has 0 unspecified atom stereocenters. The van der Waals surface area contributed by atoms with Gasteiger partial charge in [-0.15, -0.1) is 0 Å². The summed E-state index contributed by atoms with van der Waals surface area (Å²) in [5.74, 6) is 1.72. The van der Waals surface area contributed by atoms with Crippen LogP contribution in [0.25, 0.3) is 22.1 Å². The fourth-order valence-corrected chi connectivity index (χ4v) is 3.42. The van der Waals surface area contributed by atoms with Crippen LogP contribution in [0.15, 0.2) is 72.8 Å². The van der Waals surface area contributed by atoms with Crippen LogP contribution in [0, 0.1) is 6.92 Å². The van der Waals surface area contributed by atoms with E-state index in [2.05, 4.69) is 53.3 Å². The summed E-state index contributed by atoms with van der Waals surface area (Å²) in [6.45, 7) is 2.10. The minimum Gasteiger partial charge on any atom is -0.341 e. The number of nitrogens with one attached hydrogen (secondary N) is 2. The zero-order valence-corrected chi connectivity index (χ0v) is 14.4. The van der Waals surface area contributed by atoms with Crippen LogP contribution >= 0.6 is 0 Å². The zero-order valence-electron chi connectivity index (χ0n) is 14.4. The van der Waals surface area contributed by atoms with Gasteiger partial charge in [0.05, 0.1) is 22.1 Å². The Labute approximate surface area is 150 Å². The summed E-state index contributed by atoms with van der Waals surface area (Å²) in [6.07, 6.45) is 0. The van der Waals surface area contributed by atoms with Crippen molar-refractivity contribution in [1.29, 1.82) is 0 Å². The monoisotopic (exact) mass is 338 g/mol. The SMILES string of the molecule is Cc1ccc(C(c2nc3ccccc3[nH]2)c2nc3ccccc3[nH]2)cc1.